The van der Waals surface area contributed by atoms with Crippen molar-refractivity contribution in [3.8, 4) is 5.75 Å². The van der Waals surface area contributed by atoms with E-state index < -0.39 is 12.0 Å². The minimum atomic E-state index is -1.05. The molecule has 1 N–H and O–H groups in total. The van der Waals surface area contributed by atoms with Gasteiger partial charge in [-0.1, -0.05) is 12.1 Å². The fourth-order valence-corrected chi connectivity index (χ4v) is 1.44. The van der Waals surface area contributed by atoms with E-state index in [2.05, 4.69) is 5.32 Å². The van der Waals surface area contributed by atoms with Crippen LogP contribution in [0.5, 0.6) is 5.75 Å². The number of ether oxygens (including phenoxy) is 1. The number of carbonyl (C=O) groups excluding carboxylic acids is 1. The van der Waals surface area contributed by atoms with Gasteiger partial charge in [0.15, 0.2) is 0 Å². The zero-order valence-electron chi connectivity index (χ0n) is 8.69. The van der Waals surface area contributed by atoms with E-state index in [0.29, 0.717) is 0 Å². The normalized spacial score (nSPS) is 22.7. The Morgan fingerprint density at radius 1 is 1.40 bits per heavy atom. The molecule has 0 spiro atoms. The number of aliphatic carboxylic acids is 1. The molecule has 0 amide bonds. The third-order valence-corrected chi connectivity index (χ3v) is 2.31. The van der Waals surface area contributed by atoms with Crippen LogP contribution in [0.3, 0.4) is 0 Å². The summed E-state index contributed by atoms with van der Waals surface area (Å²) in [4.78, 5) is 10.5. The van der Waals surface area contributed by atoms with Crippen molar-refractivity contribution in [2.24, 2.45) is 0 Å². The quantitative estimate of drug-likeness (QED) is 0.419. The van der Waals surface area contributed by atoms with Crippen LogP contribution in [-0.2, 0) is 4.79 Å². The second-order valence-corrected chi connectivity index (χ2v) is 3.21. The number of nitrogens with one attached hydrogen (secondary N) is 1. The first-order valence-electron chi connectivity index (χ1n) is 4.33. The summed E-state index contributed by atoms with van der Waals surface area (Å²) in [7, 11) is 1.59. The smallest absolute Gasteiger partial charge is 0.548 e. The van der Waals surface area contributed by atoms with Crippen molar-refractivity contribution in [2.45, 2.75) is 12.1 Å². The fourth-order valence-electron chi connectivity index (χ4n) is 1.44. The van der Waals surface area contributed by atoms with E-state index in [1.807, 2.05) is 24.3 Å². The van der Waals surface area contributed by atoms with Crippen molar-refractivity contribution in [3.63, 3.8) is 0 Å². The fraction of sp³-hybridized carbons (Fsp3) is 0.300. The molecule has 2 rings (SSSR count). The second-order valence-electron chi connectivity index (χ2n) is 3.21. The first kappa shape index (κ1) is 12.5. The molecule has 1 aliphatic rings. The van der Waals surface area contributed by atoms with Crippen LogP contribution in [0.1, 0.15) is 11.6 Å². The van der Waals surface area contributed by atoms with Gasteiger partial charge >= 0.3 is 29.6 Å². The van der Waals surface area contributed by atoms with E-state index >= 15 is 0 Å². The Morgan fingerprint density at radius 2 is 2.00 bits per heavy atom. The molecule has 0 aromatic heterocycles. The predicted molar refractivity (Wildman–Crippen MR) is 47.7 cm³/mol. The number of rotatable bonds is 3. The average Bonchev–Trinajstić information content (AvgIpc) is 2.97. The Balaban J connectivity index is 0.00000112. The van der Waals surface area contributed by atoms with E-state index in [-0.39, 0.29) is 35.6 Å². The van der Waals surface area contributed by atoms with Gasteiger partial charge < -0.3 is 14.6 Å². The zero-order chi connectivity index (χ0) is 10.1. The molecular weight excluding hydrogens is 205 g/mol. The summed E-state index contributed by atoms with van der Waals surface area (Å²) in [5, 5.41) is 13.3. The number of carbonyl (C=O) groups is 1. The van der Waals surface area contributed by atoms with Gasteiger partial charge in [-0.2, -0.15) is 0 Å². The summed E-state index contributed by atoms with van der Waals surface area (Å²) in [6, 6.07) is 6.66. The number of benzene rings is 1. The van der Waals surface area contributed by atoms with Crippen molar-refractivity contribution < 1.29 is 44.2 Å². The van der Waals surface area contributed by atoms with Crippen molar-refractivity contribution >= 4 is 5.97 Å². The maximum absolute atomic E-state index is 10.5. The number of methoxy groups -OCH3 is 1. The van der Waals surface area contributed by atoms with Crippen molar-refractivity contribution in [1.29, 1.82) is 0 Å². The average molecular weight is 215 g/mol. The molecule has 1 aromatic rings. The van der Waals surface area contributed by atoms with Crippen LogP contribution in [0.15, 0.2) is 24.3 Å². The summed E-state index contributed by atoms with van der Waals surface area (Å²) < 4.78 is 4.99. The number of carboxylic acid groups (broad SMARTS) is 1. The topological polar surface area (TPSA) is 71.3 Å². The van der Waals surface area contributed by atoms with Crippen LogP contribution in [0.2, 0.25) is 0 Å². The maximum Gasteiger partial charge on any atom is 1.00 e. The van der Waals surface area contributed by atoms with Crippen LogP contribution in [0.25, 0.3) is 0 Å². The van der Waals surface area contributed by atoms with Gasteiger partial charge in [0.05, 0.1) is 25.2 Å². The monoisotopic (exact) mass is 215 g/mol. The van der Waals surface area contributed by atoms with Crippen molar-refractivity contribution in [1.82, 2.24) is 5.32 Å². The predicted octanol–water partition coefficient (Wildman–Crippen LogP) is -3.54. The Hall–Kier alpha value is -0.550. The molecule has 1 fully saturated rings. The molecular formula is C10H10NNaO3. The first-order chi connectivity index (χ1) is 6.72. The molecule has 1 saturated heterocycles. The Labute approximate surface area is 110 Å². The third kappa shape index (κ3) is 2.72. The molecule has 1 aromatic carbocycles. The third-order valence-electron chi connectivity index (χ3n) is 2.31. The summed E-state index contributed by atoms with van der Waals surface area (Å²) >= 11 is 0. The largest absolute Gasteiger partial charge is 1.00 e. The molecule has 0 saturated carbocycles. The molecule has 0 aliphatic carbocycles. The Bertz CT molecular complexity index is 352. The molecule has 4 nitrogen and oxygen atoms in total. The summed E-state index contributed by atoms with van der Waals surface area (Å²) in [6.45, 7) is 0. The van der Waals surface area contributed by atoms with Gasteiger partial charge in [-0.25, -0.2) is 0 Å². The van der Waals surface area contributed by atoms with Gasteiger partial charge in [0, 0.05) is 0 Å². The van der Waals surface area contributed by atoms with E-state index in [4.69, 9.17) is 4.74 Å². The molecule has 1 heterocycles. The SMILES string of the molecule is COc1ccc([C@H]2N[C@@H]2C(=O)[O-])cc1.[Na+]. The van der Waals surface area contributed by atoms with E-state index in [1.54, 1.807) is 7.11 Å². The van der Waals surface area contributed by atoms with Gasteiger partial charge in [-0.05, 0) is 17.7 Å². The maximum atomic E-state index is 10.5. The van der Waals surface area contributed by atoms with Crippen LogP contribution < -0.4 is 44.7 Å². The molecule has 1 aliphatic heterocycles. The molecule has 74 valence electrons. The van der Waals surface area contributed by atoms with E-state index in [9.17, 15) is 9.90 Å². The minimum Gasteiger partial charge on any atom is -0.548 e. The Morgan fingerprint density at radius 3 is 2.40 bits per heavy atom. The van der Waals surface area contributed by atoms with Gasteiger partial charge in [-0.3, -0.25) is 5.32 Å². The standard InChI is InChI=1S/C10H11NO3.Na/c1-14-7-4-2-6(3-5-7)8-9(11-8)10(12)13;/h2-5,8-9,11H,1H3,(H,12,13);/q;+1/p-1/t8-,9+;/m1./s1. The number of carboxylic acids is 1. The Kier molecular flexibility index (Phi) is 4.16. The molecule has 0 unspecified atom stereocenters. The summed E-state index contributed by atoms with van der Waals surface area (Å²) in [5.74, 6) is -0.287. The molecule has 5 heteroatoms. The number of hydrogen-bond acceptors (Lipinski definition) is 4. The van der Waals surface area contributed by atoms with Gasteiger partial charge in [-0.15, -0.1) is 0 Å². The van der Waals surface area contributed by atoms with Gasteiger partial charge in [0.25, 0.3) is 0 Å². The molecule has 2 atom stereocenters. The molecule has 0 radical (unpaired) electrons. The summed E-state index contributed by atoms with van der Waals surface area (Å²) in [5.41, 5.74) is 0.944. The van der Waals surface area contributed by atoms with Gasteiger partial charge in [0.1, 0.15) is 5.75 Å². The zero-order valence-corrected chi connectivity index (χ0v) is 10.7. The van der Waals surface area contributed by atoms with Crippen LogP contribution >= 0.6 is 0 Å². The van der Waals surface area contributed by atoms with Crippen LogP contribution in [0.4, 0.5) is 0 Å². The van der Waals surface area contributed by atoms with Crippen LogP contribution in [-0.4, -0.2) is 19.1 Å². The van der Waals surface area contributed by atoms with Crippen LogP contribution in [0, 0.1) is 0 Å². The van der Waals surface area contributed by atoms with E-state index in [0.717, 1.165) is 11.3 Å². The molecule has 0 bridgehead atoms. The van der Waals surface area contributed by atoms with Crippen molar-refractivity contribution in [3.05, 3.63) is 29.8 Å². The van der Waals surface area contributed by atoms with E-state index in [1.165, 1.54) is 0 Å². The minimum absolute atomic E-state index is 0. The first-order valence-corrected chi connectivity index (χ1v) is 4.33. The van der Waals surface area contributed by atoms with Gasteiger partial charge in [0.2, 0.25) is 0 Å². The number of hydrogen-bond donors (Lipinski definition) is 1. The van der Waals surface area contributed by atoms with Crippen molar-refractivity contribution in [2.75, 3.05) is 7.11 Å². The molecule has 15 heavy (non-hydrogen) atoms. The summed E-state index contributed by atoms with van der Waals surface area (Å²) in [6.07, 6.45) is 0. The second kappa shape index (κ2) is 4.99.